The molecule has 0 bridgehead atoms. The SMILES string of the molecule is Br.CCCCCCCCCCCCC(CCC)C(N)(CCC)CCC. The highest BCUT2D eigenvalue weighted by atomic mass is 79.9. The van der Waals surface area contributed by atoms with Gasteiger partial charge in [-0.25, -0.2) is 0 Å². The minimum absolute atomic E-state index is 0. The molecule has 0 fully saturated rings. The van der Waals surface area contributed by atoms with Crippen LogP contribution in [0.5, 0.6) is 0 Å². The zero-order valence-electron chi connectivity index (χ0n) is 18.1. The first-order chi connectivity index (χ1) is 11.6. The molecule has 0 amide bonds. The van der Waals surface area contributed by atoms with Crippen LogP contribution < -0.4 is 5.73 Å². The molecule has 0 aromatic heterocycles. The van der Waals surface area contributed by atoms with E-state index in [1.807, 2.05) is 0 Å². The maximum Gasteiger partial charge on any atom is 0.0182 e. The van der Waals surface area contributed by atoms with Crippen molar-refractivity contribution in [1.29, 1.82) is 0 Å². The van der Waals surface area contributed by atoms with Crippen LogP contribution >= 0.6 is 17.0 Å². The number of hydrogen-bond donors (Lipinski definition) is 1. The standard InChI is InChI=1S/C23H49N.BrH/c1-5-9-10-11-12-13-14-15-16-17-19-22(18-6-2)23(24,20-7-3)21-8-4;/h22H,5-21,24H2,1-4H3;1H. The van der Waals surface area contributed by atoms with E-state index >= 15 is 0 Å². The van der Waals surface area contributed by atoms with Crippen molar-refractivity contribution in [3.63, 3.8) is 0 Å². The zero-order valence-corrected chi connectivity index (χ0v) is 19.8. The smallest absolute Gasteiger partial charge is 0.0182 e. The summed E-state index contributed by atoms with van der Waals surface area (Å²) in [6, 6.07) is 0. The summed E-state index contributed by atoms with van der Waals surface area (Å²) in [5.41, 5.74) is 6.98. The monoisotopic (exact) mass is 419 g/mol. The molecule has 2 N–H and O–H groups in total. The summed E-state index contributed by atoms with van der Waals surface area (Å²) in [4.78, 5) is 0. The van der Waals surface area contributed by atoms with Gasteiger partial charge in [-0.3, -0.25) is 0 Å². The maximum absolute atomic E-state index is 6.87. The molecule has 0 saturated carbocycles. The number of halogens is 1. The molecule has 0 saturated heterocycles. The van der Waals surface area contributed by atoms with Gasteiger partial charge in [-0.05, 0) is 31.6 Å². The molecule has 0 aromatic carbocycles. The molecule has 1 nitrogen and oxygen atoms in total. The number of unbranched alkanes of at least 4 members (excludes halogenated alkanes) is 9. The fraction of sp³-hybridized carbons (Fsp3) is 1.00. The van der Waals surface area contributed by atoms with E-state index < -0.39 is 0 Å². The molecule has 0 aliphatic heterocycles. The number of rotatable bonds is 18. The highest BCUT2D eigenvalue weighted by molar-refractivity contribution is 8.93. The molecule has 0 rings (SSSR count). The van der Waals surface area contributed by atoms with E-state index in [2.05, 4.69) is 27.7 Å². The Balaban J connectivity index is 0. The second-order valence-corrected chi connectivity index (χ2v) is 8.19. The lowest BCUT2D eigenvalue weighted by Gasteiger charge is -2.38. The van der Waals surface area contributed by atoms with Crippen LogP contribution in [-0.2, 0) is 0 Å². The first-order valence-corrected chi connectivity index (χ1v) is 11.4. The lowest BCUT2D eigenvalue weighted by atomic mass is 9.73. The molecule has 154 valence electrons. The van der Waals surface area contributed by atoms with Crippen LogP contribution in [0, 0.1) is 5.92 Å². The summed E-state index contributed by atoms with van der Waals surface area (Å²) in [6.45, 7) is 9.20. The van der Waals surface area contributed by atoms with Crippen LogP contribution in [0.15, 0.2) is 0 Å². The molecule has 0 spiro atoms. The van der Waals surface area contributed by atoms with Gasteiger partial charge in [-0.15, -0.1) is 17.0 Å². The van der Waals surface area contributed by atoms with Crippen LogP contribution in [0.3, 0.4) is 0 Å². The average molecular weight is 421 g/mol. The van der Waals surface area contributed by atoms with E-state index in [-0.39, 0.29) is 22.5 Å². The van der Waals surface area contributed by atoms with E-state index in [1.54, 1.807) is 0 Å². The van der Waals surface area contributed by atoms with Crippen molar-refractivity contribution in [1.82, 2.24) is 0 Å². The van der Waals surface area contributed by atoms with Gasteiger partial charge >= 0.3 is 0 Å². The van der Waals surface area contributed by atoms with E-state index in [9.17, 15) is 0 Å². The maximum atomic E-state index is 6.87. The largest absolute Gasteiger partial charge is 0.325 e. The van der Waals surface area contributed by atoms with Crippen LogP contribution in [0.1, 0.15) is 137 Å². The molecule has 0 heterocycles. The molecule has 0 aliphatic carbocycles. The van der Waals surface area contributed by atoms with Crippen molar-refractivity contribution in [3.05, 3.63) is 0 Å². The Labute approximate surface area is 171 Å². The van der Waals surface area contributed by atoms with Crippen LogP contribution in [0.25, 0.3) is 0 Å². The van der Waals surface area contributed by atoms with E-state index in [0.29, 0.717) is 0 Å². The summed E-state index contributed by atoms with van der Waals surface area (Å²) in [6.07, 6.45) is 23.2. The summed E-state index contributed by atoms with van der Waals surface area (Å²) in [5.74, 6) is 0.747. The van der Waals surface area contributed by atoms with Gasteiger partial charge in [0.05, 0.1) is 0 Å². The van der Waals surface area contributed by atoms with Crippen LogP contribution in [-0.4, -0.2) is 5.54 Å². The Bertz CT molecular complexity index is 248. The van der Waals surface area contributed by atoms with Crippen LogP contribution in [0.2, 0.25) is 0 Å². The van der Waals surface area contributed by atoms with Gasteiger partial charge in [0.2, 0.25) is 0 Å². The minimum atomic E-state index is 0. The van der Waals surface area contributed by atoms with Gasteiger partial charge in [-0.2, -0.15) is 0 Å². The minimum Gasteiger partial charge on any atom is -0.325 e. The molecule has 1 atom stereocenters. The average Bonchev–Trinajstić information content (AvgIpc) is 2.56. The zero-order chi connectivity index (χ0) is 18.1. The molecular weight excluding hydrogens is 370 g/mol. The number of nitrogens with two attached hydrogens (primary N) is 1. The molecule has 0 aliphatic rings. The predicted octanol–water partition coefficient (Wildman–Crippen LogP) is 8.59. The van der Waals surface area contributed by atoms with Gasteiger partial charge in [0.1, 0.15) is 0 Å². The predicted molar refractivity (Wildman–Crippen MR) is 122 cm³/mol. The van der Waals surface area contributed by atoms with Gasteiger partial charge in [0.15, 0.2) is 0 Å². The van der Waals surface area contributed by atoms with Gasteiger partial charge in [0, 0.05) is 5.54 Å². The van der Waals surface area contributed by atoms with Gasteiger partial charge < -0.3 is 5.73 Å². The quantitative estimate of drug-likeness (QED) is 0.221. The fourth-order valence-electron chi connectivity index (χ4n) is 4.41. The van der Waals surface area contributed by atoms with Gasteiger partial charge in [-0.1, -0.05) is 111 Å². The fourth-order valence-corrected chi connectivity index (χ4v) is 4.41. The Morgan fingerprint density at radius 3 is 1.40 bits per heavy atom. The lowest BCUT2D eigenvalue weighted by Crippen LogP contribution is -2.47. The molecule has 0 radical (unpaired) electrons. The van der Waals surface area contributed by atoms with Crippen LogP contribution in [0.4, 0.5) is 0 Å². The Kier molecular flexibility index (Phi) is 21.2. The van der Waals surface area contributed by atoms with E-state index in [1.165, 1.54) is 109 Å². The van der Waals surface area contributed by atoms with Crippen molar-refractivity contribution in [2.24, 2.45) is 11.7 Å². The van der Waals surface area contributed by atoms with Crippen molar-refractivity contribution < 1.29 is 0 Å². The topological polar surface area (TPSA) is 26.0 Å². The number of hydrogen-bond acceptors (Lipinski definition) is 1. The molecule has 25 heavy (non-hydrogen) atoms. The second kappa shape index (κ2) is 19.2. The van der Waals surface area contributed by atoms with Crippen molar-refractivity contribution in [3.8, 4) is 0 Å². The summed E-state index contributed by atoms with van der Waals surface area (Å²) >= 11 is 0. The van der Waals surface area contributed by atoms with Crippen molar-refractivity contribution in [2.45, 2.75) is 142 Å². The van der Waals surface area contributed by atoms with Crippen molar-refractivity contribution >= 4 is 17.0 Å². The lowest BCUT2D eigenvalue weighted by molar-refractivity contribution is 0.200. The molecule has 0 aromatic rings. The Morgan fingerprint density at radius 2 is 1.00 bits per heavy atom. The third-order valence-corrected chi connectivity index (χ3v) is 5.79. The first kappa shape index (κ1) is 27.7. The highest BCUT2D eigenvalue weighted by Crippen LogP contribution is 2.33. The summed E-state index contributed by atoms with van der Waals surface area (Å²) in [7, 11) is 0. The summed E-state index contributed by atoms with van der Waals surface area (Å²) in [5, 5.41) is 0. The first-order valence-electron chi connectivity index (χ1n) is 11.4. The van der Waals surface area contributed by atoms with Gasteiger partial charge in [0.25, 0.3) is 0 Å². The third kappa shape index (κ3) is 14.2. The highest BCUT2D eigenvalue weighted by Gasteiger charge is 2.31. The Morgan fingerprint density at radius 1 is 0.560 bits per heavy atom. The normalized spacial score (nSPS) is 12.8. The molecular formula is C23H50BrN. The Hall–Kier alpha value is 0.440. The van der Waals surface area contributed by atoms with Crippen molar-refractivity contribution in [2.75, 3.05) is 0 Å². The molecule has 1 unspecified atom stereocenters. The van der Waals surface area contributed by atoms with E-state index in [0.717, 1.165) is 5.92 Å². The third-order valence-electron chi connectivity index (χ3n) is 5.79. The van der Waals surface area contributed by atoms with E-state index in [4.69, 9.17) is 5.73 Å². The second-order valence-electron chi connectivity index (χ2n) is 8.19. The summed E-state index contributed by atoms with van der Waals surface area (Å²) < 4.78 is 0. The molecule has 2 heteroatoms.